The molecule has 1 aromatic carbocycles. The lowest BCUT2D eigenvalue weighted by atomic mass is 10.0. The highest BCUT2D eigenvalue weighted by atomic mass is 16.5. The molecule has 4 amide bonds. The van der Waals surface area contributed by atoms with Gasteiger partial charge in [0.2, 0.25) is 5.91 Å². The second-order valence-corrected chi connectivity index (χ2v) is 11.9. The maximum absolute atomic E-state index is 14.1. The Labute approximate surface area is 236 Å². The van der Waals surface area contributed by atoms with Gasteiger partial charge in [0.1, 0.15) is 24.6 Å². The van der Waals surface area contributed by atoms with Crippen molar-refractivity contribution in [1.82, 2.24) is 30.4 Å². The normalized spacial score (nSPS) is 17.2. The Morgan fingerprint density at radius 1 is 1.12 bits per heavy atom. The largest absolute Gasteiger partial charge is 0.445 e. The van der Waals surface area contributed by atoms with Crippen LogP contribution in [0.15, 0.2) is 36.5 Å². The molecule has 12 nitrogen and oxygen atoms in total. The fourth-order valence-corrected chi connectivity index (χ4v) is 4.58. The first kappa shape index (κ1) is 30.7. The van der Waals surface area contributed by atoms with Crippen molar-refractivity contribution in [2.75, 3.05) is 30.3 Å². The van der Waals surface area contributed by atoms with Gasteiger partial charge in [0.05, 0.1) is 6.20 Å². The van der Waals surface area contributed by atoms with Crippen LogP contribution in [0.3, 0.4) is 0 Å². The van der Waals surface area contributed by atoms with Crippen molar-refractivity contribution in [3.8, 4) is 0 Å². The van der Waals surface area contributed by atoms with E-state index in [0.717, 1.165) is 5.56 Å². The highest BCUT2D eigenvalue weighted by Gasteiger charge is 2.43. The van der Waals surface area contributed by atoms with Crippen LogP contribution in [0.25, 0.3) is 0 Å². The Bertz CT molecular complexity index is 1160. The first-order chi connectivity index (χ1) is 18.7. The minimum atomic E-state index is -0.804. The number of aromatic amines is 1. The van der Waals surface area contributed by atoms with Crippen LogP contribution < -0.4 is 21.3 Å². The van der Waals surface area contributed by atoms with Gasteiger partial charge < -0.3 is 31.0 Å². The van der Waals surface area contributed by atoms with Crippen molar-refractivity contribution in [1.29, 1.82) is 0 Å². The molecule has 5 N–H and O–H groups in total. The van der Waals surface area contributed by atoms with Gasteiger partial charge in [-0.2, -0.15) is 0 Å². The van der Waals surface area contributed by atoms with Gasteiger partial charge in [-0.25, -0.2) is 14.6 Å². The number of nitrogen functional groups attached to an aromatic ring is 1. The Hall–Kier alpha value is -3.80. The average Bonchev–Trinajstić information content (AvgIpc) is 3.30. The lowest BCUT2D eigenvalue weighted by molar-refractivity contribution is -0.129. The van der Waals surface area contributed by atoms with Crippen molar-refractivity contribution in [3.63, 3.8) is 0 Å². The smallest absolute Gasteiger partial charge is 0.409 e. The number of alkyl carbamates (subject to hydrolysis) is 1. The summed E-state index contributed by atoms with van der Waals surface area (Å²) in [5.74, 6) is 0.275. The quantitative estimate of drug-likeness (QED) is 0.382. The minimum Gasteiger partial charge on any atom is -0.445 e. The molecular weight excluding hydrogens is 512 g/mol. The zero-order chi connectivity index (χ0) is 29.7. The summed E-state index contributed by atoms with van der Waals surface area (Å²) in [4.78, 5) is 52.6. The number of urea groups is 1. The topological polar surface area (TPSA) is 149 Å². The number of aromatic nitrogens is 2. The summed E-state index contributed by atoms with van der Waals surface area (Å²) in [5.41, 5.74) is 5.83. The van der Waals surface area contributed by atoms with Gasteiger partial charge >= 0.3 is 12.1 Å². The summed E-state index contributed by atoms with van der Waals surface area (Å²) >= 11 is 0. The zero-order valence-corrected chi connectivity index (χ0v) is 24.7. The molecule has 0 spiro atoms. The monoisotopic (exact) mass is 556 g/mol. The first-order valence-corrected chi connectivity index (χ1v) is 13.6. The first-order valence-electron chi connectivity index (χ1n) is 13.6. The summed E-state index contributed by atoms with van der Waals surface area (Å²) in [5, 5.41) is 5.63. The number of hydrogen-bond acceptors (Lipinski definition) is 7. The standard InChI is InChI=1S/C28H44N8O4/c1-8-21(32-25(38)40-18-19-12-10-9-11-13-19)31-23(37)20-17-34(27(2,3)4)14-15-35(20)26(39)36(28(5,6)7)22-16-30-24(29)33-22/h9-13,16,20-21H,8,14-15,17-18H2,1-7H3,(H,31,37)(H,32,38)(H3,29,30,33). The molecule has 2 heterocycles. The van der Waals surface area contributed by atoms with Gasteiger partial charge in [0.25, 0.3) is 0 Å². The molecule has 12 heteroatoms. The molecule has 0 bridgehead atoms. The van der Waals surface area contributed by atoms with E-state index in [4.69, 9.17) is 10.5 Å². The molecule has 1 aromatic heterocycles. The second-order valence-electron chi connectivity index (χ2n) is 11.9. The molecule has 2 aromatic rings. The predicted octanol–water partition coefficient (Wildman–Crippen LogP) is 3.28. The number of nitrogens with zero attached hydrogens (tertiary/aromatic N) is 4. The predicted molar refractivity (Wildman–Crippen MR) is 154 cm³/mol. The number of nitrogens with one attached hydrogen (secondary N) is 3. The van der Waals surface area contributed by atoms with E-state index in [2.05, 4.69) is 46.3 Å². The van der Waals surface area contributed by atoms with Crippen molar-refractivity contribution < 1.29 is 19.1 Å². The molecule has 2 unspecified atom stereocenters. The van der Waals surface area contributed by atoms with Gasteiger partial charge in [-0.3, -0.25) is 14.6 Å². The third-order valence-corrected chi connectivity index (χ3v) is 6.79. The van der Waals surface area contributed by atoms with Crippen LogP contribution in [0, 0.1) is 0 Å². The molecule has 3 rings (SSSR count). The average molecular weight is 557 g/mol. The fraction of sp³-hybridized carbons (Fsp3) is 0.571. The number of H-pyrrole nitrogens is 1. The van der Waals surface area contributed by atoms with E-state index in [0.29, 0.717) is 31.9 Å². The second kappa shape index (κ2) is 12.6. The minimum absolute atomic E-state index is 0.114. The van der Waals surface area contributed by atoms with E-state index < -0.39 is 23.8 Å². The molecule has 1 saturated heterocycles. The number of amides is 4. The Morgan fingerprint density at radius 3 is 2.35 bits per heavy atom. The third-order valence-electron chi connectivity index (χ3n) is 6.79. The van der Waals surface area contributed by atoms with Crippen LogP contribution in [0.5, 0.6) is 0 Å². The van der Waals surface area contributed by atoms with Crippen LogP contribution >= 0.6 is 0 Å². The number of ether oxygens (including phenoxy) is 1. The summed E-state index contributed by atoms with van der Waals surface area (Å²) in [6.45, 7) is 15.2. The van der Waals surface area contributed by atoms with Crippen molar-refractivity contribution in [2.45, 2.75) is 84.8 Å². The molecule has 0 aliphatic carbocycles. The van der Waals surface area contributed by atoms with Crippen LogP contribution in [0.1, 0.15) is 60.5 Å². The molecule has 0 radical (unpaired) electrons. The number of hydrogen-bond donors (Lipinski definition) is 4. The Morgan fingerprint density at radius 2 is 1.80 bits per heavy atom. The Kier molecular flexibility index (Phi) is 9.67. The molecule has 0 saturated carbocycles. The van der Waals surface area contributed by atoms with E-state index in [9.17, 15) is 14.4 Å². The number of benzene rings is 1. The molecule has 220 valence electrons. The molecule has 1 fully saturated rings. The maximum atomic E-state index is 14.1. The number of carbonyl (C=O) groups is 3. The zero-order valence-electron chi connectivity index (χ0n) is 24.7. The molecular formula is C28H44N8O4. The number of carbonyl (C=O) groups excluding carboxylic acids is 3. The highest BCUT2D eigenvalue weighted by molar-refractivity contribution is 5.96. The van der Waals surface area contributed by atoms with E-state index in [-0.39, 0.29) is 30.0 Å². The number of anilines is 2. The maximum Gasteiger partial charge on any atom is 0.409 e. The third kappa shape index (κ3) is 7.87. The van der Waals surface area contributed by atoms with Gasteiger partial charge in [0.15, 0.2) is 5.95 Å². The SMILES string of the molecule is CCC(NC(=O)OCc1ccccc1)NC(=O)C1CN(C(C)(C)C)CCN1C(=O)N(c1cnc(N)[nH]1)C(C)(C)C. The van der Waals surface area contributed by atoms with Gasteiger partial charge in [0, 0.05) is 30.7 Å². The van der Waals surface area contributed by atoms with E-state index in [1.165, 1.54) is 6.20 Å². The van der Waals surface area contributed by atoms with Crippen LogP contribution in [-0.2, 0) is 16.1 Å². The molecule has 1 aliphatic rings. The van der Waals surface area contributed by atoms with Gasteiger partial charge in [-0.05, 0) is 53.5 Å². The van der Waals surface area contributed by atoms with Gasteiger partial charge in [-0.15, -0.1) is 0 Å². The van der Waals surface area contributed by atoms with Crippen LogP contribution in [-0.4, -0.2) is 80.7 Å². The number of imidazole rings is 1. The number of rotatable bonds is 7. The van der Waals surface area contributed by atoms with Crippen molar-refractivity contribution >= 4 is 29.8 Å². The van der Waals surface area contributed by atoms with E-state index in [1.807, 2.05) is 58.0 Å². The lowest BCUT2D eigenvalue weighted by Gasteiger charge is -2.48. The summed E-state index contributed by atoms with van der Waals surface area (Å²) in [6.07, 6.45) is 0.623. The fourth-order valence-electron chi connectivity index (χ4n) is 4.58. The van der Waals surface area contributed by atoms with Gasteiger partial charge in [-0.1, -0.05) is 37.3 Å². The van der Waals surface area contributed by atoms with Crippen LogP contribution in [0.4, 0.5) is 21.4 Å². The van der Waals surface area contributed by atoms with E-state index >= 15 is 0 Å². The summed E-state index contributed by atoms with van der Waals surface area (Å²) in [6, 6.07) is 8.20. The summed E-state index contributed by atoms with van der Waals surface area (Å²) < 4.78 is 5.33. The highest BCUT2D eigenvalue weighted by Crippen LogP contribution is 2.27. The molecule has 1 aliphatic heterocycles. The summed E-state index contributed by atoms with van der Waals surface area (Å²) in [7, 11) is 0. The number of piperazine rings is 1. The van der Waals surface area contributed by atoms with E-state index in [1.54, 1.807) is 9.80 Å². The lowest BCUT2D eigenvalue weighted by Crippen LogP contribution is -2.67. The molecule has 2 atom stereocenters. The van der Waals surface area contributed by atoms with Crippen molar-refractivity contribution in [2.24, 2.45) is 0 Å². The van der Waals surface area contributed by atoms with Crippen molar-refractivity contribution in [3.05, 3.63) is 42.1 Å². The van der Waals surface area contributed by atoms with Crippen LogP contribution in [0.2, 0.25) is 0 Å². The Balaban J connectivity index is 1.78. The number of nitrogens with two attached hydrogens (primary N) is 1. The molecule has 40 heavy (non-hydrogen) atoms.